The maximum Gasteiger partial charge on any atom is 0.324 e. The van der Waals surface area contributed by atoms with Crippen molar-refractivity contribution in [2.24, 2.45) is 0 Å². The summed E-state index contributed by atoms with van der Waals surface area (Å²) in [6, 6.07) is 6.26. The van der Waals surface area contributed by atoms with Crippen molar-refractivity contribution in [3.8, 4) is 5.75 Å². The average molecular weight is 289 g/mol. The van der Waals surface area contributed by atoms with Gasteiger partial charge in [-0.2, -0.15) is 0 Å². The first kappa shape index (κ1) is 14.4. The number of carboxylic acid groups (broad SMARTS) is 1. The number of benzene rings is 1. The van der Waals surface area contributed by atoms with E-state index in [1.807, 2.05) is 13.0 Å². The van der Waals surface area contributed by atoms with E-state index in [9.17, 15) is 9.90 Å². The first-order valence-corrected chi connectivity index (χ1v) is 7.80. The quantitative estimate of drug-likeness (QED) is 0.925. The third-order valence-electron chi connectivity index (χ3n) is 4.99. The zero-order valence-corrected chi connectivity index (χ0v) is 12.8. The number of carbonyl (C=O) groups is 1. The number of rotatable bonds is 4. The normalized spacial score (nSPS) is 28.4. The van der Waals surface area contributed by atoms with Crippen molar-refractivity contribution < 1.29 is 14.6 Å². The van der Waals surface area contributed by atoms with Crippen LogP contribution in [0.25, 0.3) is 0 Å². The summed E-state index contributed by atoms with van der Waals surface area (Å²) in [5, 5.41) is 9.64. The van der Waals surface area contributed by atoms with E-state index in [4.69, 9.17) is 4.74 Å². The molecule has 1 aromatic carbocycles. The predicted molar refractivity (Wildman–Crippen MR) is 80.8 cm³/mol. The number of aliphatic carboxylic acids is 1. The Kier molecular flexibility index (Phi) is 3.66. The van der Waals surface area contributed by atoms with Gasteiger partial charge in [-0.05, 0) is 44.4 Å². The highest BCUT2D eigenvalue weighted by atomic mass is 16.5. The Labute approximate surface area is 125 Å². The molecule has 0 radical (unpaired) electrons. The van der Waals surface area contributed by atoms with Crippen LogP contribution in [0.4, 0.5) is 0 Å². The highest BCUT2D eigenvalue weighted by Crippen LogP contribution is 2.35. The molecule has 0 aliphatic carbocycles. The van der Waals surface area contributed by atoms with Crippen LogP contribution in [0.1, 0.15) is 37.3 Å². The Morgan fingerprint density at radius 1 is 1.52 bits per heavy atom. The van der Waals surface area contributed by atoms with Crippen LogP contribution in [0.5, 0.6) is 5.75 Å². The van der Waals surface area contributed by atoms with Gasteiger partial charge in [-0.1, -0.05) is 24.6 Å². The fourth-order valence-corrected chi connectivity index (χ4v) is 3.79. The maximum absolute atomic E-state index is 11.7. The summed E-state index contributed by atoms with van der Waals surface area (Å²) in [4.78, 5) is 13.8. The Balaban J connectivity index is 1.72. The molecular weight excluding hydrogens is 266 g/mol. The maximum atomic E-state index is 11.7. The molecule has 3 rings (SSSR count). The van der Waals surface area contributed by atoms with Gasteiger partial charge in [0.05, 0.1) is 0 Å². The molecule has 21 heavy (non-hydrogen) atoms. The summed E-state index contributed by atoms with van der Waals surface area (Å²) in [6.07, 6.45) is 3.31. The molecular formula is C17H23NO3. The third kappa shape index (κ3) is 2.42. The second-order valence-electron chi connectivity index (χ2n) is 6.30. The van der Waals surface area contributed by atoms with E-state index in [0.717, 1.165) is 31.6 Å². The van der Waals surface area contributed by atoms with Gasteiger partial charge in [-0.3, -0.25) is 9.69 Å². The monoisotopic (exact) mass is 289 g/mol. The molecule has 0 saturated carbocycles. The molecule has 2 atom stereocenters. The second kappa shape index (κ2) is 5.34. The van der Waals surface area contributed by atoms with E-state index in [1.165, 1.54) is 11.1 Å². The minimum atomic E-state index is -0.686. The van der Waals surface area contributed by atoms with Crippen LogP contribution in [0, 0.1) is 6.92 Å². The topological polar surface area (TPSA) is 49.8 Å². The number of hydrogen-bond acceptors (Lipinski definition) is 3. The minimum absolute atomic E-state index is 0.0742. The highest BCUT2D eigenvalue weighted by Gasteiger charge is 2.47. The van der Waals surface area contributed by atoms with Crippen molar-refractivity contribution in [2.45, 2.75) is 51.2 Å². The van der Waals surface area contributed by atoms with E-state index >= 15 is 0 Å². The largest absolute Gasteiger partial charge is 0.488 e. The molecule has 2 unspecified atom stereocenters. The van der Waals surface area contributed by atoms with E-state index in [2.05, 4.69) is 24.0 Å². The predicted octanol–water partition coefficient (Wildman–Crippen LogP) is 2.63. The van der Waals surface area contributed by atoms with Gasteiger partial charge in [0.15, 0.2) is 0 Å². The zero-order chi connectivity index (χ0) is 15.0. The molecule has 2 aliphatic heterocycles. The van der Waals surface area contributed by atoms with Gasteiger partial charge in [0.25, 0.3) is 0 Å². The Hall–Kier alpha value is -1.55. The lowest BCUT2D eigenvalue weighted by Crippen LogP contribution is -2.52. The smallest absolute Gasteiger partial charge is 0.324 e. The molecule has 0 spiro atoms. The molecule has 2 aliphatic rings. The standard InChI is InChI=1S/C17H23NO3/c1-3-17(16(19)20)7-4-8-18(17)11-14-10-13-9-12(2)5-6-15(13)21-14/h5-6,9,14H,3-4,7-8,10-11H2,1-2H3,(H,19,20). The minimum Gasteiger partial charge on any atom is -0.488 e. The van der Waals surface area contributed by atoms with E-state index < -0.39 is 11.5 Å². The number of hydrogen-bond donors (Lipinski definition) is 1. The van der Waals surface area contributed by atoms with Crippen molar-refractivity contribution in [1.29, 1.82) is 0 Å². The van der Waals surface area contributed by atoms with Crippen molar-refractivity contribution in [3.63, 3.8) is 0 Å². The van der Waals surface area contributed by atoms with Crippen molar-refractivity contribution in [1.82, 2.24) is 4.90 Å². The molecule has 0 amide bonds. The summed E-state index contributed by atoms with van der Waals surface area (Å²) in [6.45, 7) is 5.61. The van der Waals surface area contributed by atoms with Crippen LogP contribution in [-0.2, 0) is 11.2 Å². The van der Waals surface area contributed by atoms with E-state index in [-0.39, 0.29) is 6.10 Å². The third-order valence-corrected chi connectivity index (χ3v) is 4.99. The average Bonchev–Trinajstić information content (AvgIpc) is 3.02. The van der Waals surface area contributed by atoms with Crippen molar-refractivity contribution >= 4 is 5.97 Å². The van der Waals surface area contributed by atoms with Gasteiger partial charge in [-0.15, -0.1) is 0 Å². The number of ether oxygens (including phenoxy) is 1. The molecule has 1 fully saturated rings. The second-order valence-corrected chi connectivity index (χ2v) is 6.30. The lowest BCUT2D eigenvalue weighted by atomic mass is 9.92. The van der Waals surface area contributed by atoms with Crippen molar-refractivity contribution in [2.75, 3.05) is 13.1 Å². The van der Waals surface area contributed by atoms with Crippen LogP contribution in [0.2, 0.25) is 0 Å². The van der Waals surface area contributed by atoms with E-state index in [0.29, 0.717) is 13.0 Å². The Morgan fingerprint density at radius 3 is 3.05 bits per heavy atom. The summed E-state index contributed by atoms with van der Waals surface area (Å²) in [5.41, 5.74) is 1.80. The molecule has 1 N–H and O–H groups in total. The fourth-order valence-electron chi connectivity index (χ4n) is 3.79. The Bertz CT molecular complexity index is 557. The van der Waals surface area contributed by atoms with Gasteiger partial charge in [0.1, 0.15) is 17.4 Å². The first-order chi connectivity index (χ1) is 10.0. The number of likely N-dealkylation sites (tertiary alicyclic amines) is 1. The van der Waals surface area contributed by atoms with Gasteiger partial charge in [-0.25, -0.2) is 0 Å². The lowest BCUT2D eigenvalue weighted by molar-refractivity contribution is -0.150. The van der Waals surface area contributed by atoms with E-state index in [1.54, 1.807) is 0 Å². The molecule has 4 heteroatoms. The molecule has 1 aromatic rings. The number of aryl methyl sites for hydroxylation is 1. The summed E-state index contributed by atoms with van der Waals surface area (Å²) >= 11 is 0. The van der Waals surface area contributed by atoms with Crippen LogP contribution in [0.3, 0.4) is 0 Å². The van der Waals surface area contributed by atoms with Crippen LogP contribution in [0.15, 0.2) is 18.2 Å². The van der Waals surface area contributed by atoms with Crippen LogP contribution < -0.4 is 4.74 Å². The van der Waals surface area contributed by atoms with Gasteiger partial charge < -0.3 is 9.84 Å². The van der Waals surface area contributed by atoms with Gasteiger partial charge >= 0.3 is 5.97 Å². The first-order valence-electron chi connectivity index (χ1n) is 7.80. The zero-order valence-electron chi connectivity index (χ0n) is 12.8. The number of carboxylic acids is 1. The molecule has 1 saturated heterocycles. The SMILES string of the molecule is CCC1(C(=O)O)CCCN1CC1Cc2cc(C)ccc2O1. The molecule has 0 bridgehead atoms. The summed E-state index contributed by atoms with van der Waals surface area (Å²) in [7, 11) is 0. The van der Waals surface area contributed by atoms with Gasteiger partial charge in [0, 0.05) is 13.0 Å². The highest BCUT2D eigenvalue weighted by molar-refractivity contribution is 5.79. The van der Waals surface area contributed by atoms with Crippen LogP contribution in [-0.4, -0.2) is 40.7 Å². The number of nitrogens with zero attached hydrogens (tertiary/aromatic N) is 1. The fraction of sp³-hybridized carbons (Fsp3) is 0.588. The lowest BCUT2D eigenvalue weighted by Gasteiger charge is -2.35. The van der Waals surface area contributed by atoms with Gasteiger partial charge in [0.2, 0.25) is 0 Å². The Morgan fingerprint density at radius 2 is 2.33 bits per heavy atom. The molecule has 114 valence electrons. The summed E-state index contributed by atoms with van der Waals surface area (Å²) in [5.74, 6) is 0.274. The van der Waals surface area contributed by atoms with Crippen LogP contribution >= 0.6 is 0 Å². The summed E-state index contributed by atoms with van der Waals surface area (Å²) < 4.78 is 6.01. The molecule has 2 heterocycles. The molecule has 0 aromatic heterocycles. The number of fused-ring (bicyclic) bond motifs is 1. The molecule has 4 nitrogen and oxygen atoms in total. The van der Waals surface area contributed by atoms with Crippen molar-refractivity contribution in [3.05, 3.63) is 29.3 Å².